The number of amides is 1. The molecule has 0 saturated heterocycles. The van der Waals surface area contributed by atoms with E-state index in [0.717, 1.165) is 6.07 Å². The molecule has 0 aliphatic heterocycles. The van der Waals surface area contributed by atoms with Crippen LogP contribution in [0.3, 0.4) is 0 Å². The number of nitrogen functional groups attached to an aromatic ring is 1. The molecule has 0 unspecified atom stereocenters. The summed E-state index contributed by atoms with van der Waals surface area (Å²) in [5.41, 5.74) is 6.20. The molecule has 0 aliphatic carbocycles. The summed E-state index contributed by atoms with van der Waals surface area (Å²) in [7, 11) is 4.68. The number of ether oxygens (including phenoxy) is 1. The van der Waals surface area contributed by atoms with Gasteiger partial charge in [-0.05, 0) is 6.07 Å². The summed E-state index contributed by atoms with van der Waals surface area (Å²) in [6.45, 7) is 0. The molecule has 1 aromatic heterocycles. The summed E-state index contributed by atoms with van der Waals surface area (Å²) >= 11 is 0. The molecule has 1 aromatic carbocycles. The number of rotatable bonds is 3. The Kier molecular flexibility index (Phi) is 3.60. The number of benzene rings is 1. The van der Waals surface area contributed by atoms with Crippen molar-refractivity contribution in [2.75, 3.05) is 26.9 Å². The molecule has 0 aliphatic rings. The first-order valence-electron chi connectivity index (χ1n) is 5.84. The van der Waals surface area contributed by atoms with Crippen molar-refractivity contribution in [1.29, 1.82) is 0 Å². The fourth-order valence-electron chi connectivity index (χ4n) is 1.71. The standard InChI is InChI=1S/C13H15FN4O2/c1-17(2)13(19)10-4-5-18(16-10)11-7-12(20-3)9(15)6-8(11)14/h4-7H,15H2,1-3H3. The second-order valence-electron chi connectivity index (χ2n) is 4.39. The molecule has 2 aromatic rings. The van der Waals surface area contributed by atoms with Crippen LogP contribution < -0.4 is 10.5 Å². The van der Waals surface area contributed by atoms with Gasteiger partial charge in [-0.1, -0.05) is 0 Å². The highest BCUT2D eigenvalue weighted by molar-refractivity contribution is 5.91. The van der Waals surface area contributed by atoms with Gasteiger partial charge in [0.05, 0.1) is 12.8 Å². The lowest BCUT2D eigenvalue weighted by molar-refractivity contribution is 0.0821. The van der Waals surface area contributed by atoms with Crippen LogP contribution in [0.4, 0.5) is 10.1 Å². The van der Waals surface area contributed by atoms with Crippen LogP contribution in [0, 0.1) is 5.82 Å². The maximum absolute atomic E-state index is 13.9. The van der Waals surface area contributed by atoms with E-state index in [0.29, 0.717) is 5.75 Å². The van der Waals surface area contributed by atoms with Crippen molar-refractivity contribution >= 4 is 11.6 Å². The Hall–Kier alpha value is -2.57. The van der Waals surface area contributed by atoms with Crippen molar-refractivity contribution < 1.29 is 13.9 Å². The molecule has 7 heteroatoms. The normalized spacial score (nSPS) is 10.4. The zero-order valence-electron chi connectivity index (χ0n) is 11.4. The molecular formula is C13H15FN4O2. The number of hydrogen-bond acceptors (Lipinski definition) is 4. The Morgan fingerprint density at radius 2 is 2.15 bits per heavy atom. The van der Waals surface area contributed by atoms with E-state index >= 15 is 0 Å². The van der Waals surface area contributed by atoms with E-state index in [1.54, 1.807) is 14.1 Å². The average Bonchev–Trinajstić information content (AvgIpc) is 2.87. The number of carbonyl (C=O) groups is 1. The molecular weight excluding hydrogens is 263 g/mol. The SMILES string of the molecule is COc1cc(-n2ccc(C(=O)N(C)C)n2)c(F)cc1N. The number of hydrogen-bond donors (Lipinski definition) is 1. The van der Waals surface area contributed by atoms with Crippen molar-refractivity contribution in [2.45, 2.75) is 0 Å². The molecule has 2 N–H and O–H groups in total. The molecule has 1 amide bonds. The highest BCUT2D eigenvalue weighted by atomic mass is 19.1. The third-order valence-corrected chi connectivity index (χ3v) is 2.76. The number of halogens is 1. The fraction of sp³-hybridized carbons (Fsp3) is 0.231. The van der Waals surface area contributed by atoms with Gasteiger partial charge >= 0.3 is 0 Å². The van der Waals surface area contributed by atoms with Crippen molar-refractivity contribution in [3.63, 3.8) is 0 Å². The highest BCUT2D eigenvalue weighted by Gasteiger charge is 2.15. The monoisotopic (exact) mass is 278 g/mol. The number of aromatic nitrogens is 2. The largest absolute Gasteiger partial charge is 0.495 e. The summed E-state index contributed by atoms with van der Waals surface area (Å²) in [6.07, 6.45) is 1.50. The van der Waals surface area contributed by atoms with Gasteiger partial charge in [-0.3, -0.25) is 4.79 Å². The number of nitrogens with two attached hydrogens (primary N) is 1. The van der Waals surface area contributed by atoms with Crippen molar-refractivity contribution in [3.05, 3.63) is 35.9 Å². The van der Waals surface area contributed by atoms with Crippen LogP contribution in [0.1, 0.15) is 10.5 Å². The first-order chi connectivity index (χ1) is 9.43. The van der Waals surface area contributed by atoms with Gasteiger partial charge in [0.25, 0.3) is 5.91 Å². The van der Waals surface area contributed by atoms with Crippen LogP contribution in [-0.2, 0) is 0 Å². The lowest BCUT2D eigenvalue weighted by atomic mass is 10.2. The second kappa shape index (κ2) is 5.20. The van der Waals surface area contributed by atoms with Crippen LogP contribution in [0.15, 0.2) is 24.4 Å². The summed E-state index contributed by atoms with van der Waals surface area (Å²) in [5.74, 6) is -0.459. The van der Waals surface area contributed by atoms with Crippen LogP contribution in [0.2, 0.25) is 0 Å². The quantitative estimate of drug-likeness (QED) is 0.859. The van der Waals surface area contributed by atoms with Crippen LogP contribution in [0.25, 0.3) is 5.69 Å². The molecule has 1 heterocycles. The van der Waals surface area contributed by atoms with Gasteiger partial charge in [-0.25, -0.2) is 9.07 Å². The molecule has 6 nitrogen and oxygen atoms in total. The molecule has 20 heavy (non-hydrogen) atoms. The van der Waals surface area contributed by atoms with Gasteiger partial charge in [-0.2, -0.15) is 5.10 Å². The first-order valence-corrected chi connectivity index (χ1v) is 5.84. The molecule has 0 fully saturated rings. The Labute approximate surface area is 115 Å². The Morgan fingerprint density at radius 1 is 1.45 bits per heavy atom. The number of anilines is 1. The Bertz CT molecular complexity index is 652. The van der Waals surface area contributed by atoms with Gasteiger partial charge in [0.15, 0.2) is 11.5 Å². The highest BCUT2D eigenvalue weighted by Crippen LogP contribution is 2.27. The smallest absolute Gasteiger partial charge is 0.273 e. The van der Waals surface area contributed by atoms with Gasteiger partial charge in [0.1, 0.15) is 11.4 Å². The Balaban J connectivity index is 2.45. The average molecular weight is 278 g/mol. The van der Waals surface area contributed by atoms with E-state index in [9.17, 15) is 9.18 Å². The Morgan fingerprint density at radius 3 is 2.75 bits per heavy atom. The van der Waals surface area contributed by atoms with E-state index < -0.39 is 5.82 Å². The van der Waals surface area contributed by atoms with Crippen molar-refractivity contribution in [2.24, 2.45) is 0 Å². The van der Waals surface area contributed by atoms with Crippen LogP contribution in [0.5, 0.6) is 5.75 Å². The van der Waals surface area contributed by atoms with Gasteiger partial charge in [0, 0.05) is 32.4 Å². The van der Waals surface area contributed by atoms with Gasteiger partial charge in [-0.15, -0.1) is 0 Å². The fourth-order valence-corrected chi connectivity index (χ4v) is 1.71. The van der Waals surface area contributed by atoms with E-state index in [-0.39, 0.29) is 23.0 Å². The molecule has 106 valence electrons. The minimum absolute atomic E-state index is 0.161. The van der Waals surface area contributed by atoms with Gasteiger partial charge in [0.2, 0.25) is 0 Å². The third-order valence-electron chi connectivity index (χ3n) is 2.76. The third kappa shape index (κ3) is 2.42. The van der Waals surface area contributed by atoms with E-state index in [2.05, 4.69) is 5.10 Å². The first kappa shape index (κ1) is 13.9. The zero-order valence-corrected chi connectivity index (χ0v) is 11.4. The topological polar surface area (TPSA) is 73.4 Å². The van der Waals surface area contributed by atoms with E-state index in [1.807, 2.05) is 0 Å². The van der Waals surface area contributed by atoms with Crippen LogP contribution >= 0.6 is 0 Å². The summed E-state index contributed by atoms with van der Waals surface area (Å²) in [6, 6.07) is 4.11. The summed E-state index contributed by atoms with van der Waals surface area (Å²) in [4.78, 5) is 13.2. The number of nitrogens with zero attached hydrogens (tertiary/aromatic N) is 3. The van der Waals surface area contributed by atoms with Crippen molar-refractivity contribution in [3.8, 4) is 11.4 Å². The molecule has 0 radical (unpaired) electrons. The molecule has 0 bridgehead atoms. The lowest BCUT2D eigenvalue weighted by Gasteiger charge is -2.09. The second-order valence-corrected chi connectivity index (χ2v) is 4.39. The minimum Gasteiger partial charge on any atom is -0.495 e. The minimum atomic E-state index is -0.546. The van der Waals surface area contributed by atoms with Crippen molar-refractivity contribution in [1.82, 2.24) is 14.7 Å². The predicted molar refractivity (Wildman–Crippen MR) is 72.5 cm³/mol. The number of carbonyl (C=O) groups excluding carboxylic acids is 1. The van der Waals surface area contributed by atoms with E-state index in [1.165, 1.54) is 35.0 Å². The van der Waals surface area contributed by atoms with Gasteiger partial charge < -0.3 is 15.4 Å². The van der Waals surface area contributed by atoms with E-state index in [4.69, 9.17) is 10.5 Å². The molecule has 0 atom stereocenters. The van der Waals surface area contributed by atoms with Crippen LogP contribution in [-0.4, -0.2) is 41.8 Å². The zero-order chi connectivity index (χ0) is 14.9. The summed E-state index contributed by atoms with van der Waals surface area (Å²) in [5, 5.41) is 4.06. The summed E-state index contributed by atoms with van der Waals surface area (Å²) < 4.78 is 20.2. The maximum atomic E-state index is 13.9. The molecule has 0 saturated carbocycles. The lowest BCUT2D eigenvalue weighted by Crippen LogP contribution is -2.22. The maximum Gasteiger partial charge on any atom is 0.273 e. The predicted octanol–water partition coefficient (Wildman–Crippen LogP) is 1.30. The molecule has 2 rings (SSSR count). The molecule has 0 spiro atoms. The number of methoxy groups -OCH3 is 1.